The number of hydrogen-bond acceptors (Lipinski definition) is 4. The van der Waals surface area contributed by atoms with Crippen LogP contribution in [0.15, 0.2) is 55.1 Å². The predicted molar refractivity (Wildman–Crippen MR) is 102 cm³/mol. The van der Waals surface area contributed by atoms with Gasteiger partial charge in [0, 0.05) is 12.7 Å². The van der Waals surface area contributed by atoms with E-state index < -0.39 is 0 Å². The van der Waals surface area contributed by atoms with E-state index in [1.54, 1.807) is 45.0 Å². The second-order valence-corrected chi connectivity index (χ2v) is 6.73. The number of imidazole rings is 1. The molecule has 8 heteroatoms. The van der Waals surface area contributed by atoms with E-state index in [4.69, 9.17) is 0 Å². The predicted octanol–water partition coefficient (Wildman–Crippen LogP) is 2.74. The molecule has 28 heavy (non-hydrogen) atoms. The van der Waals surface area contributed by atoms with Gasteiger partial charge in [-0.2, -0.15) is 5.10 Å². The number of rotatable bonds is 3. The van der Waals surface area contributed by atoms with Gasteiger partial charge in [0.25, 0.3) is 0 Å². The van der Waals surface area contributed by atoms with Gasteiger partial charge in [0.1, 0.15) is 17.9 Å². The molecule has 1 aromatic carbocycles. The third-order valence-electron chi connectivity index (χ3n) is 4.99. The Labute approximate surface area is 160 Å². The van der Waals surface area contributed by atoms with Crippen LogP contribution in [0.25, 0.3) is 16.9 Å². The van der Waals surface area contributed by atoms with E-state index in [0.29, 0.717) is 12.2 Å². The molecular formula is C20H17FN6O. The zero-order chi connectivity index (χ0) is 19.1. The van der Waals surface area contributed by atoms with Crippen LogP contribution in [0.1, 0.15) is 12.1 Å². The minimum Gasteiger partial charge on any atom is -0.308 e. The first-order valence-corrected chi connectivity index (χ1v) is 9.10. The van der Waals surface area contributed by atoms with Crippen molar-refractivity contribution in [2.24, 2.45) is 0 Å². The topological polar surface area (TPSA) is 68.8 Å². The zero-order valence-corrected chi connectivity index (χ0v) is 15.0. The number of carbonyl (C=O) groups excluding carboxylic acids is 1. The highest BCUT2D eigenvalue weighted by Gasteiger charge is 2.27. The summed E-state index contributed by atoms with van der Waals surface area (Å²) in [6.07, 6.45) is 6.69. The molecule has 0 aliphatic carbocycles. The van der Waals surface area contributed by atoms with Gasteiger partial charge in [0.15, 0.2) is 5.65 Å². The lowest BCUT2D eigenvalue weighted by molar-refractivity contribution is -0.119. The minimum atomic E-state index is -0.289. The van der Waals surface area contributed by atoms with Crippen molar-refractivity contribution in [2.45, 2.75) is 19.4 Å². The second-order valence-electron chi connectivity index (χ2n) is 6.73. The number of amides is 1. The van der Waals surface area contributed by atoms with Gasteiger partial charge in [0.2, 0.25) is 5.91 Å². The Morgan fingerprint density at radius 2 is 2.00 bits per heavy atom. The fourth-order valence-electron chi connectivity index (χ4n) is 3.66. The molecule has 5 rings (SSSR count). The molecule has 0 saturated carbocycles. The average Bonchev–Trinajstić information content (AvgIpc) is 3.33. The van der Waals surface area contributed by atoms with Crippen LogP contribution in [-0.4, -0.2) is 36.8 Å². The molecule has 1 aliphatic heterocycles. The molecule has 4 heterocycles. The third kappa shape index (κ3) is 2.74. The van der Waals surface area contributed by atoms with Crippen LogP contribution in [0.5, 0.6) is 0 Å². The van der Waals surface area contributed by atoms with E-state index in [0.717, 1.165) is 35.4 Å². The fraction of sp³-hybridized carbons (Fsp3) is 0.200. The van der Waals surface area contributed by atoms with Crippen molar-refractivity contribution >= 4 is 22.8 Å². The largest absolute Gasteiger partial charge is 0.308 e. The number of halogens is 1. The molecule has 0 saturated heterocycles. The van der Waals surface area contributed by atoms with Crippen LogP contribution in [0.2, 0.25) is 0 Å². The summed E-state index contributed by atoms with van der Waals surface area (Å²) in [6.45, 7) is 0.801. The number of nitrogens with zero attached hydrogens (tertiary/aromatic N) is 6. The Morgan fingerprint density at radius 1 is 1.14 bits per heavy atom. The van der Waals surface area contributed by atoms with Gasteiger partial charge < -0.3 is 9.47 Å². The summed E-state index contributed by atoms with van der Waals surface area (Å²) in [5.41, 5.74) is 3.99. The summed E-state index contributed by atoms with van der Waals surface area (Å²) in [5.74, 6) is -0.327. The van der Waals surface area contributed by atoms with Crippen molar-refractivity contribution < 1.29 is 9.18 Å². The van der Waals surface area contributed by atoms with E-state index in [1.165, 1.54) is 12.1 Å². The maximum atomic E-state index is 13.2. The number of carbonyl (C=O) groups is 1. The van der Waals surface area contributed by atoms with Crippen molar-refractivity contribution in [3.63, 3.8) is 0 Å². The molecule has 0 atom stereocenters. The summed E-state index contributed by atoms with van der Waals surface area (Å²) in [7, 11) is 0. The van der Waals surface area contributed by atoms with Gasteiger partial charge in [0.05, 0.1) is 29.6 Å². The first-order valence-electron chi connectivity index (χ1n) is 9.10. The van der Waals surface area contributed by atoms with Crippen LogP contribution >= 0.6 is 0 Å². The molecule has 0 unspecified atom stereocenters. The van der Waals surface area contributed by atoms with Gasteiger partial charge in [-0.05, 0) is 49.2 Å². The number of aromatic nitrogens is 5. The maximum Gasteiger partial charge on any atom is 0.247 e. The maximum absolute atomic E-state index is 13.2. The Morgan fingerprint density at radius 3 is 2.86 bits per heavy atom. The Kier molecular flexibility index (Phi) is 3.89. The Bertz CT molecular complexity index is 1160. The first kappa shape index (κ1) is 16.6. The van der Waals surface area contributed by atoms with Gasteiger partial charge in [-0.1, -0.05) is 0 Å². The summed E-state index contributed by atoms with van der Waals surface area (Å²) in [6, 6.07) is 9.88. The zero-order valence-electron chi connectivity index (χ0n) is 15.0. The quantitative estimate of drug-likeness (QED) is 0.551. The molecule has 0 spiro atoms. The molecule has 7 nitrogen and oxygen atoms in total. The minimum absolute atomic E-state index is 0.0374. The number of anilines is 1. The lowest BCUT2D eigenvalue weighted by Crippen LogP contribution is -2.37. The Balaban J connectivity index is 1.45. The average molecular weight is 376 g/mol. The van der Waals surface area contributed by atoms with Crippen LogP contribution in [0, 0.1) is 5.82 Å². The first-order chi connectivity index (χ1) is 13.7. The number of hydrogen-bond donors (Lipinski definition) is 0. The molecule has 0 fully saturated rings. The van der Waals surface area contributed by atoms with Gasteiger partial charge in [-0.3, -0.25) is 4.79 Å². The lowest BCUT2D eigenvalue weighted by atomic mass is 10.1. The smallest absolute Gasteiger partial charge is 0.247 e. The molecule has 0 bridgehead atoms. The fourth-order valence-corrected chi connectivity index (χ4v) is 3.66. The SMILES string of the molecule is O=C(Cn1cnc2cccnc21)N1CCCc2c1cnn2-c1ccc(F)cc1. The normalized spacial score (nSPS) is 13.7. The van der Waals surface area contributed by atoms with Crippen molar-refractivity contribution in [3.8, 4) is 5.69 Å². The highest BCUT2D eigenvalue weighted by molar-refractivity contribution is 5.94. The molecule has 0 radical (unpaired) electrons. The van der Waals surface area contributed by atoms with Crippen molar-refractivity contribution in [1.29, 1.82) is 0 Å². The third-order valence-corrected chi connectivity index (χ3v) is 4.99. The summed E-state index contributed by atoms with van der Waals surface area (Å²) >= 11 is 0. The molecule has 1 aliphatic rings. The van der Waals surface area contributed by atoms with Crippen LogP contribution in [0.4, 0.5) is 10.1 Å². The highest BCUT2D eigenvalue weighted by Crippen LogP contribution is 2.29. The Hall–Kier alpha value is -3.55. The van der Waals surface area contributed by atoms with E-state index in [9.17, 15) is 9.18 Å². The number of pyridine rings is 1. The van der Waals surface area contributed by atoms with E-state index >= 15 is 0 Å². The van der Waals surface area contributed by atoms with Crippen molar-refractivity contribution in [1.82, 2.24) is 24.3 Å². The highest BCUT2D eigenvalue weighted by atomic mass is 19.1. The van der Waals surface area contributed by atoms with Gasteiger partial charge in [-0.15, -0.1) is 0 Å². The molecule has 1 amide bonds. The van der Waals surface area contributed by atoms with Crippen molar-refractivity contribution in [3.05, 3.63) is 66.6 Å². The summed E-state index contributed by atoms with van der Waals surface area (Å²) in [5, 5.41) is 4.45. The van der Waals surface area contributed by atoms with Crippen LogP contribution in [0.3, 0.4) is 0 Å². The number of fused-ring (bicyclic) bond motifs is 2. The van der Waals surface area contributed by atoms with Gasteiger partial charge in [-0.25, -0.2) is 19.0 Å². The monoisotopic (exact) mass is 376 g/mol. The molecule has 4 aromatic rings. The van der Waals surface area contributed by atoms with E-state index in [2.05, 4.69) is 15.1 Å². The van der Waals surface area contributed by atoms with E-state index in [-0.39, 0.29) is 18.3 Å². The molecule has 3 aromatic heterocycles. The van der Waals surface area contributed by atoms with Gasteiger partial charge >= 0.3 is 0 Å². The van der Waals surface area contributed by atoms with Crippen LogP contribution in [-0.2, 0) is 17.8 Å². The molecule has 140 valence electrons. The standard InChI is InChI=1S/C20H17FN6O/c21-14-5-7-15(8-6-14)27-17-4-2-10-26(18(17)11-24-27)19(28)12-25-13-23-16-3-1-9-22-20(16)25/h1,3,5-9,11,13H,2,4,10,12H2. The number of benzene rings is 1. The summed E-state index contributed by atoms with van der Waals surface area (Å²) in [4.78, 5) is 23.4. The molecular weight excluding hydrogens is 359 g/mol. The van der Waals surface area contributed by atoms with Crippen LogP contribution < -0.4 is 4.90 Å². The molecule has 0 N–H and O–H groups in total. The van der Waals surface area contributed by atoms with Crippen molar-refractivity contribution in [2.75, 3.05) is 11.4 Å². The lowest BCUT2D eigenvalue weighted by Gasteiger charge is -2.27. The summed E-state index contributed by atoms with van der Waals surface area (Å²) < 4.78 is 16.8. The second kappa shape index (κ2) is 6.56. The van der Waals surface area contributed by atoms with E-state index in [1.807, 2.05) is 12.1 Å².